The third-order valence-corrected chi connectivity index (χ3v) is 3.89. The molecule has 0 saturated heterocycles. The van der Waals surface area contributed by atoms with E-state index in [4.69, 9.17) is 14.2 Å². The van der Waals surface area contributed by atoms with Gasteiger partial charge in [0.1, 0.15) is 5.75 Å². The van der Waals surface area contributed by atoms with Crippen molar-refractivity contribution >= 4 is 33.5 Å². The Labute approximate surface area is 152 Å². The Balaban J connectivity index is 2.47. The number of aromatic carboxylic acids is 1. The number of hydrogen-bond donors (Lipinski definition) is 1. The summed E-state index contributed by atoms with van der Waals surface area (Å²) in [7, 11) is 4.21. The number of halogens is 1. The normalized spacial score (nSPS) is 10.1. The van der Waals surface area contributed by atoms with Crippen molar-refractivity contribution in [2.75, 3.05) is 26.6 Å². The van der Waals surface area contributed by atoms with Gasteiger partial charge in [0.25, 0.3) is 5.91 Å². The number of amides is 1. The van der Waals surface area contributed by atoms with Crippen LogP contribution in [0.2, 0.25) is 0 Å². The van der Waals surface area contributed by atoms with Crippen LogP contribution in [-0.4, -0.2) is 33.2 Å². The zero-order chi connectivity index (χ0) is 18.6. The molecule has 0 unspecified atom stereocenters. The van der Waals surface area contributed by atoms with Gasteiger partial charge in [-0.05, 0) is 24.3 Å². The van der Waals surface area contributed by atoms with Crippen molar-refractivity contribution in [3.63, 3.8) is 0 Å². The highest BCUT2D eigenvalue weighted by Crippen LogP contribution is 2.34. The molecule has 0 spiro atoms. The lowest BCUT2D eigenvalue weighted by molar-refractivity contribution is -0.254. The van der Waals surface area contributed by atoms with Gasteiger partial charge in [-0.3, -0.25) is 4.79 Å². The van der Waals surface area contributed by atoms with Crippen molar-refractivity contribution in [2.45, 2.75) is 0 Å². The molecule has 2 rings (SSSR count). The molecule has 0 heterocycles. The van der Waals surface area contributed by atoms with Gasteiger partial charge in [0.15, 0.2) is 11.5 Å². The van der Waals surface area contributed by atoms with Crippen LogP contribution in [0.1, 0.15) is 20.7 Å². The lowest BCUT2D eigenvalue weighted by atomic mass is 10.1. The fourth-order valence-electron chi connectivity index (χ4n) is 2.20. The van der Waals surface area contributed by atoms with Gasteiger partial charge in [0.2, 0.25) is 0 Å². The van der Waals surface area contributed by atoms with E-state index < -0.39 is 11.9 Å². The van der Waals surface area contributed by atoms with E-state index >= 15 is 0 Å². The average Bonchev–Trinajstić information content (AvgIpc) is 2.60. The summed E-state index contributed by atoms with van der Waals surface area (Å²) in [5, 5.41) is 13.9. The number of carbonyl (C=O) groups is 2. The average molecular weight is 409 g/mol. The number of methoxy groups -OCH3 is 3. The smallest absolute Gasteiger partial charge is 0.259 e. The molecule has 0 radical (unpaired) electrons. The van der Waals surface area contributed by atoms with Crippen LogP contribution in [0.4, 0.5) is 5.69 Å². The summed E-state index contributed by atoms with van der Waals surface area (Å²) in [6, 6.07) is 7.48. The van der Waals surface area contributed by atoms with Crippen molar-refractivity contribution in [3.8, 4) is 17.2 Å². The van der Waals surface area contributed by atoms with Crippen molar-refractivity contribution in [3.05, 3.63) is 45.9 Å². The number of rotatable bonds is 6. The number of carboxylic acids is 1. The van der Waals surface area contributed by atoms with E-state index in [1.807, 2.05) is 0 Å². The lowest BCUT2D eigenvalue weighted by Crippen LogP contribution is -2.25. The molecule has 7 nitrogen and oxygen atoms in total. The zero-order valence-electron chi connectivity index (χ0n) is 13.7. The molecular weight excluding hydrogens is 394 g/mol. The van der Waals surface area contributed by atoms with Gasteiger partial charge in [0.05, 0.1) is 38.5 Å². The molecule has 2 aromatic carbocycles. The van der Waals surface area contributed by atoms with Crippen LogP contribution >= 0.6 is 15.9 Å². The van der Waals surface area contributed by atoms with Crippen LogP contribution in [0.3, 0.4) is 0 Å². The molecule has 0 aliphatic rings. The van der Waals surface area contributed by atoms with E-state index in [0.29, 0.717) is 10.2 Å². The molecule has 0 aromatic heterocycles. The Morgan fingerprint density at radius 3 is 2.08 bits per heavy atom. The number of carboxylic acid groups (broad SMARTS) is 1. The minimum atomic E-state index is -1.46. The molecule has 25 heavy (non-hydrogen) atoms. The maximum absolute atomic E-state index is 12.6. The van der Waals surface area contributed by atoms with E-state index in [-0.39, 0.29) is 28.3 Å². The van der Waals surface area contributed by atoms with Crippen LogP contribution in [0, 0.1) is 0 Å². The third-order valence-electron chi connectivity index (χ3n) is 3.40. The van der Waals surface area contributed by atoms with Crippen LogP contribution in [0.5, 0.6) is 17.2 Å². The minimum absolute atomic E-state index is 0.0182. The summed E-state index contributed by atoms with van der Waals surface area (Å²) < 4.78 is 16.0. The van der Waals surface area contributed by atoms with Gasteiger partial charge in [-0.15, -0.1) is 0 Å². The van der Waals surface area contributed by atoms with E-state index in [1.165, 1.54) is 33.5 Å². The van der Waals surface area contributed by atoms with Crippen LogP contribution in [-0.2, 0) is 0 Å². The van der Waals surface area contributed by atoms with E-state index in [1.54, 1.807) is 18.2 Å². The van der Waals surface area contributed by atoms with Crippen molar-refractivity contribution < 1.29 is 28.9 Å². The standard InChI is InChI=1S/C17H16BrNO6/c1-23-13-5-4-9(18)6-11(13)16(20)19-12-8-15(25-3)14(24-2)7-10(12)17(21)22/h4-8H,1-3H3,(H,19,20)(H,21,22)/p-1. The molecule has 2 aromatic rings. The number of anilines is 1. The molecule has 1 N–H and O–H groups in total. The fraction of sp³-hybridized carbons (Fsp3) is 0.176. The second-order valence-electron chi connectivity index (χ2n) is 4.84. The second kappa shape index (κ2) is 7.89. The summed E-state index contributed by atoms with van der Waals surface area (Å²) in [6.45, 7) is 0. The van der Waals surface area contributed by atoms with Gasteiger partial charge in [-0.1, -0.05) is 15.9 Å². The Hall–Kier alpha value is -2.74. The molecule has 0 fully saturated rings. The molecule has 0 aliphatic carbocycles. The maximum atomic E-state index is 12.6. The highest BCUT2D eigenvalue weighted by atomic mass is 79.9. The SMILES string of the molecule is COc1cc(NC(=O)c2cc(Br)ccc2OC)c(C(=O)[O-])cc1OC. The monoisotopic (exact) mass is 408 g/mol. The largest absolute Gasteiger partial charge is 0.545 e. The van der Waals surface area contributed by atoms with E-state index in [0.717, 1.165) is 0 Å². The van der Waals surface area contributed by atoms with Gasteiger partial charge in [0, 0.05) is 16.1 Å². The topological polar surface area (TPSA) is 96.9 Å². The highest BCUT2D eigenvalue weighted by molar-refractivity contribution is 9.10. The summed E-state index contributed by atoms with van der Waals surface area (Å²) >= 11 is 3.28. The zero-order valence-corrected chi connectivity index (χ0v) is 15.3. The quantitative estimate of drug-likeness (QED) is 0.785. The number of ether oxygens (including phenoxy) is 3. The first-order chi connectivity index (χ1) is 11.9. The first-order valence-corrected chi connectivity index (χ1v) is 7.82. The number of nitrogens with one attached hydrogen (secondary N) is 1. The summed E-state index contributed by atoms with van der Waals surface area (Å²) in [4.78, 5) is 24.0. The maximum Gasteiger partial charge on any atom is 0.259 e. The minimum Gasteiger partial charge on any atom is -0.545 e. The molecule has 8 heteroatoms. The Morgan fingerprint density at radius 2 is 1.52 bits per heavy atom. The molecule has 0 bridgehead atoms. The molecule has 132 valence electrons. The first kappa shape index (κ1) is 18.6. The third kappa shape index (κ3) is 4.03. The van der Waals surface area contributed by atoms with E-state index in [2.05, 4.69) is 21.2 Å². The fourth-order valence-corrected chi connectivity index (χ4v) is 2.56. The molecule has 0 aliphatic heterocycles. The molecular formula is C17H15BrNO6-. The molecule has 1 amide bonds. The van der Waals surface area contributed by atoms with Crippen molar-refractivity contribution in [1.82, 2.24) is 0 Å². The Kier molecular flexibility index (Phi) is 5.87. The van der Waals surface area contributed by atoms with Gasteiger partial charge in [-0.2, -0.15) is 0 Å². The summed E-state index contributed by atoms with van der Waals surface area (Å²) in [5.41, 5.74) is 0.0144. The molecule has 0 saturated carbocycles. The lowest BCUT2D eigenvalue weighted by Gasteiger charge is -2.17. The number of carbonyl (C=O) groups excluding carboxylic acids is 2. The highest BCUT2D eigenvalue weighted by Gasteiger charge is 2.17. The van der Waals surface area contributed by atoms with Gasteiger partial charge >= 0.3 is 0 Å². The number of benzene rings is 2. The van der Waals surface area contributed by atoms with Crippen LogP contribution in [0.15, 0.2) is 34.8 Å². The number of hydrogen-bond acceptors (Lipinski definition) is 6. The Bertz CT molecular complexity index is 821. The summed E-state index contributed by atoms with van der Waals surface area (Å²) in [6.07, 6.45) is 0. The molecule has 0 atom stereocenters. The second-order valence-corrected chi connectivity index (χ2v) is 5.75. The Morgan fingerprint density at radius 1 is 0.920 bits per heavy atom. The van der Waals surface area contributed by atoms with Crippen LogP contribution < -0.4 is 24.6 Å². The first-order valence-electron chi connectivity index (χ1n) is 7.03. The van der Waals surface area contributed by atoms with Gasteiger partial charge < -0.3 is 29.4 Å². The van der Waals surface area contributed by atoms with Crippen molar-refractivity contribution in [1.29, 1.82) is 0 Å². The summed E-state index contributed by atoms with van der Waals surface area (Å²) in [5.74, 6) is -1.19. The van der Waals surface area contributed by atoms with E-state index in [9.17, 15) is 14.7 Å². The van der Waals surface area contributed by atoms with Crippen LogP contribution in [0.25, 0.3) is 0 Å². The predicted molar refractivity (Wildman–Crippen MR) is 92.5 cm³/mol. The van der Waals surface area contributed by atoms with Gasteiger partial charge in [-0.25, -0.2) is 0 Å². The van der Waals surface area contributed by atoms with Crippen molar-refractivity contribution in [2.24, 2.45) is 0 Å². The predicted octanol–water partition coefficient (Wildman–Crippen LogP) is 2.09.